The minimum atomic E-state index is -0.591. The molecule has 0 heterocycles. The summed E-state index contributed by atoms with van der Waals surface area (Å²) in [6.07, 6.45) is 1.24. The maximum Gasteiger partial charge on any atom is 0.354 e. The second kappa shape index (κ2) is 8.15. The molecule has 2 aromatic carbocycles. The van der Waals surface area contributed by atoms with E-state index < -0.39 is 5.97 Å². The first-order valence-corrected chi connectivity index (χ1v) is 7.48. The van der Waals surface area contributed by atoms with E-state index in [0.717, 1.165) is 0 Å². The third-order valence-corrected chi connectivity index (χ3v) is 3.20. The Morgan fingerprint density at radius 1 is 1.09 bits per heavy atom. The van der Waals surface area contributed by atoms with Gasteiger partial charge in [-0.05, 0) is 31.2 Å². The Bertz CT molecular complexity index is 709. The van der Waals surface area contributed by atoms with E-state index in [0.29, 0.717) is 16.3 Å². The summed E-state index contributed by atoms with van der Waals surface area (Å²) in [6, 6.07) is 15.5. The highest BCUT2D eigenvalue weighted by Crippen LogP contribution is 2.16. The van der Waals surface area contributed by atoms with E-state index in [9.17, 15) is 9.59 Å². The van der Waals surface area contributed by atoms with Crippen LogP contribution in [0.4, 0.5) is 5.69 Å². The minimum absolute atomic E-state index is 0.0722. The van der Waals surface area contributed by atoms with Crippen LogP contribution in [0.1, 0.15) is 17.3 Å². The number of ether oxygens (including phenoxy) is 1. The summed E-state index contributed by atoms with van der Waals surface area (Å²) in [6.45, 7) is 1.93. The molecular weight excluding hydrogens is 314 g/mol. The molecule has 2 rings (SSSR count). The lowest BCUT2D eigenvalue weighted by Gasteiger charge is -2.10. The number of anilines is 1. The van der Waals surface area contributed by atoms with Gasteiger partial charge in [0.2, 0.25) is 0 Å². The number of nitrogens with one attached hydrogen (secondary N) is 1. The lowest BCUT2D eigenvalue weighted by Crippen LogP contribution is -2.16. The number of carbonyl (C=O) groups is 2. The Morgan fingerprint density at radius 2 is 1.74 bits per heavy atom. The Morgan fingerprint density at radius 3 is 2.35 bits per heavy atom. The smallest absolute Gasteiger partial charge is 0.354 e. The largest absolute Gasteiger partial charge is 0.461 e. The number of hydrogen-bond donors (Lipinski definition) is 1. The molecule has 0 radical (unpaired) electrons. The van der Waals surface area contributed by atoms with Gasteiger partial charge >= 0.3 is 5.97 Å². The maximum absolute atomic E-state index is 12.3. The fourth-order valence-corrected chi connectivity index (χ4v) is 1.99. The summed E-state index contributed by atoms with van der Waals surface area (Å²) in [4.78, 5) is 24.3. The zero-order chi connectivity index (χ0) is 16.7. The second-order valence-electron chi connectivity index (χ2n) is 4.64. The Hall–Kier alpha value is -2.59. The molecule has 0 bridgehead atoms. The van der Waals surface area contributed by atoms with Gasteiger partial charge in [-0.25, -0.2) is 4.79 Å². The van der Waals surface area contributed by atoms with Gasteiger partial charge in [0, 0.05) is 22.3 Å². The highest BCUT2D eigenvalue weighted by atomic mass is 35.5. The van der Waals surface area contributed by atoms with Crippen LogP contribution in [0, 0.1) is 0 Å². The molecule has 4 nitrogen and oxygen atoms in total. The average molecular weight is 330 g/mol. The van der Waals surface area contributed by atoms with Crippen LogP contribution in [0.5, 0.6) is 0 Å². The number of esters is 1. The zero-order valence-corrected chi connectivity index (χ0v) is 13.3. The first-order chi connectivity index (χ1) is 11.1. The SMILES string of the molecule is CCOC(=O)/C(=C/C(=O)c1ccccc1)Nc1ccc(Cl)cc1. The lowest BCUT2D eigenvalue weighted by molar-refractivity contribution is -0.138. The molecule has 0 aliphatic carbocycles. The van der Waals surface area contributed by atoms with Crippen molar-refractivity contribution in [2.75, 3.05) is 11.9 Å². The molecule has 0 aromatic heterocycles. The van der Waals surface area contributed by atoms with Gasteiger partial charge in [-0.3, -0.25) is 4.79 Å². The molecule has 0 saturated carbocycles. The van der Waals surface area contributed by atoms with Crippen LogP contribution in [0.25, 0.3) is 0 Å². The summed E-state index contributed by atoms with van der Waals surface area (Å²) in [5, 5.41) is 3.48. The summed E-state index contributed by atoms with van der Waals surface area (Å²) >= 11 is 5.84. The van der Waals surface area contributed by atoms with E-state index in [-0.39, 0.29) is 18.1 Å². The van der Waals surface area contributed by atoms with E-state index in [1.165, 1.54) is 6.08 Å². The van der Waals surface area contributed by atoms with Crippen molar-refractivity contribution in [3.63, 3.8) is 0 Å². The van der Waals surface area contributed by atoms with Gasteiger partial charge < -0.3 is 10.1 Å². The molecular formula is C18H16ClNO3. The van der Waals surface area contributed by atoms with Crippen LogP contribution in [0.2, 0.25) is 5.02 Å². The van der Waals surface area contributed by atoms with E-state index in [1.54, 1.807) is 55.5 Å². The van der Waals surface area contributed by atoms with Gasteiger partial charge in [0.05, 0.1) is 6.61 Å². The van der Waals surface area contributed by atoms with Gasteiger partial charge in [-0.1, -0.05) is 41.9 Å². The van der Waals surface area contributed by atoms with Gasteiger partial charge in [0.1, 0.15) is 5.70 Å². The standard InChI is InChI=1S/C18H16ClNO3/c1-2-23-18(22)16(20-15-10-8-14(19)9-11-15)12-17(21)13-6-4-3-5-7-13/h3-12,20H,2H2,1H3/b16-12-. The third kappa shape index (κ3) is 4.97. The highest BCUT2D eigenvalue weighted by molar-refractivity contribution is 6.30. The molecule has 0 unspecified atom stereocenters. The van der Waals surface area contributed by atoms with Gasteiger partial charge in [0.25, 0.3) is 0 Å². The molecule has 5 heteroatoms. The molecule has 118 valence electrons. The molecule has 0 fully saturated rings. The Balaban J connectivity index is 2.26. The first kappa shape index (κ1) is 16.8. The zero-order valence-electron chi connectivity index (χ0n) is 12.6. The van der Waals surface area contributed by atoms with E-state index in [4.69, 9.17) is 16.3 Å². The topological polar surface area (TPSA) is 55.4 Å². The van der Waals surface area contributed by atoms with Crippen molar-refractivity contribution in [1.82, 2.24) is 0 Å². The van der Waals surface area contributed by atoms with Crippen LogP contribution in [-0.4, -0.2) is 18.4 Å². The number of allylic oxidation sites excluding steroid dienone is 1. The van der Waals surface area contributed by atoms with E-state index >= 15 is 0 Å². The van der Waals surface area contributed by atoms with Crippen molar-refractivity contribution < 1.29 is 14.3 Å². The van der Waals surface area contributed by atoms with Crippen LogP contribution < -0.4 is 5.32 Å². The van der Waals surface area contributed by atoms with Crippen LogP contribution in [-0.2, 0) is 9.53 Å². The molecule has 0 aliphatic heterocycles. The van der Waals surface area contributed by atoms with Crippen molar-refractivity contribution in [1.29, 1.82) is 0 Å². The lowest BCUT2D eigenvalue weighted by atomic mass is 10.1. The van der Waals surface area contributed by atoms with Gasteiger partial charge in [-0.15, -0.1) is 0 Å². The monoisotopic (exact) mass is 329 g/mol. The quantitative estimate of drug-likeness (QED) is 0.493. The molecule has 0 atom stereocenters. The fraction of sp³-hybridized carbons (Fsp3) is 0.111. The molecule has 0 saturated heterocycles. The highest BCUT2D eigenvalue weighted by Gasteiger charge is 2.14. The third-order valence-electron chi connectivity index (χ3n) is 2.95. The number of carbonyl (C=O) groups excluding carboxylic acids is 2. The predicted molar refractivity (Wildman–Crippen MR) is 90.6 cm³/mol. The predicted octanol–water partition coefficient (Wildman–Crippen LogP) is 4.08. The number of ketones is 1. The minimum Gasteiger partial charge on any atom is -0.461 e. The van der Waals surface area contributed by atoms with Gasteiger partial charge in [0.15, 0.2) is 5.78 Å². The summed E-state index contributed by atoms with van der Waals surface area (Å²) in [5.41, 5.74) is 1.20. The first-order valence-electron chi connectivity index (χ1n) is 7.11. The number of halogens is 1. The van der Waals surface area contributed by atoms with E-state index in [2.05, 4.69) is 5.32 Å². The molecule has 1 N–H and O–H groups in total. The molecule has 0 aliphatic rings. The van der Waals surface area contributed by atoms with Crippen molar-refractivity contribution in [3.8, 4) is 0 Å². The van der Waals surface area contributed by atoms with Crippen molar-refractivity contribution in [3.05, 3.63) is 77.0 Å². The molecule has 23 heavy (non-hydrogen) atoms. The number of hydrogen-bond acceptors (Lipinski definition) is 4. The molecule has 2 aromatic rings. The van der Waals surface area contributed by atoms with Crippen LogP contribution in [0.3, 0.4) is 0 Å². The Kier molecular flexibility index (Phi) is 5.94. The van der Waals surface area contributed by atoms with Crippen LogP contribution in [0.15, 0.2) is 66.4 Å². The maximum atomic E-state index is 12.3. The summed E-state index contributed by atoms with van der Waals surface area (Å²) in [7, 11) is 0. The second-order valence-corrected chi connectivity index (χ2v) is 5.08. The molecule has 0 amide bonds. The summed E-state index contributed by atoms with van der Waals surface area (Å²) < 4.78 is 4.99. The fourth-order valence-electron chi connectivity index (χ4n) is 1.86. The summed E-state index contributed by atoms with van der Waals surface area (Å²) in [5.74, 6) is -0.873. The van der Waals surface area contributed by atoms with E-state index in [1.807, 2.05) is 6.07 Å². The van der Waals surface area contributed by atoms with Crippen molar-refractivity contribution in [2.45, 2.75) is 6.92 Å². The van der Waals surface area contributed by atoms with Crippen LogP contribution >= 0.6 is 11.6 Å². The Labute approximate surface area is 139 Å². The molecule has 0 spiro atoms. The van der Waals surface area contributed by atoms with Crippen molar-refractivity contribution in [2.24, 2.45) is 0 Å². The number of rotatable bonds is 6. The average Bonchev–Trinajstić information content (AvgIpc) is 2.57. The number of benzene rings is 2. The normalized spacial score (nSPS) is 11.0. The van der Waals surface area contributed by atoms with Crippen molar-refractivity contribution >= 4 is 29.0 Å². The van der Waals surface area contributed by atoms with Gasteiger partial charge in [-0.2, -0.15) is 0 Å².